The second-order valence-electron chi connectivity index (χ2n) is 4.35. The molecule has 1 aromatic carbocycles. The number of aryl methyl sites for hydroxylation is 1. The van der Waals surface area contributed by atoms with E-state index in [9.17, 15) is 4.39 Å². The van der Waals surface area contributed by atoms with E-state index >= 15 is 0 Å². The number of fused-ring (bicyclic) bond motifs is 1. The monoisotopic (exact) mass is 305 g/mol. The molecule has 0 atom stereocenters. The molecule has 0 aliphatic carbocycles. The van der Waals surface area contributed by atoms with Crippen molar-refractivity contribution in [2.45, 2.75) is 16.9 Å². The van der Waals surface area contributed by atoms with Gasteiger partial charge in [0.15, 0.2) is 5.13 Å². The number of benzene rings is 1. The predicted molar refractivity (Wildman–Crippen MR) is 82.5 cm³/mol. The maximum atomic E-state index is 13.6. The first-order chi connectivity index (χ1) is 9.63. The van der Waals surface area contributed by atoms with E-state index in [2.05, 4.69) is 9.97 Å². The van der Waals surface area contributed by atoms with E-state index in [1.54, 1.807) is 24.0 Å². The first-order valence-corrected chi connectivity index (χ1v) is 7.82. The van der Waals surface area contributed by atoms with Crippen LogP contribution in [0.5, 0.6) is 0 Å². The molecule has 6 heteroatoms. The van der Waals surface area contributed by atoms with Crippen molar-refractivity contribution in [2.75, 3.05) is 5.73 Å². The van der Waals surface area contributed by atoms with E-state index in [1.807, 2.05) is 19.1 Å². The van der Waals surface area contributed by atoms with Gasteiger partial charge in [0.25, 0.3) is 0 Å². The molecule has 102 valence electrons. The fourth-order valence-corrected chi connectivity index (χ4v) is 4.01. The van der Waals surface area contributed by atoms with Gasteiger partial charge in [-0.1, -0.05) is 17.4 Å². The normalized spacial score (nSPS) is 11.1. The lowest BCUT2D eigenvalue weighted by molar-refractivity contribution is 0.628. The van der Waals surface area contributed by atoms with Crippen LogP contribution < -0.4 is 5.73 Å². The summed E-state index contributed by atoms with van der Waals surface area (Å²) in [5.74, 6) is 0.412. The Hall–Kier alpha value is -1.66. The number of nitrogens with zero attached hydrogens (tertiary/aromatic N) is 2. The molecular formula is C14H12FN3S2. The van der Waals surface area contributed by atoms with Gasteiger partial charge in [0, 0.05) is 17.3 Å². The van der Waals surface area contributed by atoms with Crippen molar-refractivity contribution in [3.8, 4) is 0 Å². The van der Waals surface area contributed by atoms with Gasteiger partial charge in [-0.15, -0.1) is 11.8 Å². The fourth-order valence-electron chi connectivity index (χ4n) is 2.02. The molecule has 0 aliphatic rings. The van der Waals surface area contributed by atoms with Crippen LogP contribution in [0.2, 0.25) is 0 Å². The minimum Gasteiger partial charge on any atom is -0.375 e. The molecule has 2 aromatic heterocycles. The Bertz CT molecular complexity index is 770. The van der Waals surface area contributed by atoms with Crippen molar-refractivity contribution in [3.05, 3.63) is 47.5 Å². The van der Waals surface area contributed by atoms with Crippen molar-refractivity contribution < 1.29 is 4.39 Å². The minimum absolute atomic E-state index is 0.235. The maximum Gasteiger partial charge on any atom is 0.181 e. The van der Waals surface area contributed by atoms with Gasteiger partial charge in [0.05, 0.1) is 15.4 Å². The highest BCUT2D eigenvalue weighted by Gasteiger charge is 2.09. The summed E-state index contributed by atoms with van der Waals surface area (Å²) in [5, 5.41) is 1.39. The Labute approximate surface area is 124 Å². The van der Waals surface area contributed by atoms with Crippen LogP contribution >= 0.6 is 23.1 Å². The molecule has 0 aliphatic heterocycles. The number of thiazole rings is 1. The Kier molecular flexibility index (Phi) is 3.58. The largest absolute Gasteiger partial charge is 0.375 e. The number of hydrogen-bond acceptors (Lipinski definition) is 5. The molecule has 3 aromatic rings. The summed E-state index contributed by atoms with van der Waals surface area (Å²) in [6, 6.07) is 6.73. The van der Waals surface area contributed by atoms with Crippen molar-refractivity contribution in [1.82, 2.24) is 9.97 Å². The lowest BCUT2D eigenvalue weighted by Gasteiger charge is -2.05. The lowest BCUT2D eigenvalue weighted by Crippen LogP contribution is -1.89. The summed E-state index contributed by atoms with van der Waals surface area (Å²) in [6.45, 7) is 1.93. The highest BCUT2D eigenvalue weighted by molar-refractivity contribution is 8.00. The maximum absolute atomic E-state index is 13.6. The number of nitrogens with two attached hydrogens (primary N) is 1. The number of anilines is 1. The highest BCUT2D eigenvalue weighted by atomic mass is 32.2. The number of halogens is 1. The van der Waals surface area contributed by atoms with Gasteiger partial charge in [-0.05, 0) is 30.7 Å². The molecular weight excluding hydrogens is 293 g/mol. The number of rotatable bonds is 3. The van der Waals surface area contributed by atoms with Crippen molar-refractivity contribution in [2.24, 2.45) is 0 Å². The van der Waals surface area contributed by atoms with Gasteiger partial charge < -0.3 is 5.73 Å². The minimum atomic E-state index is -0.235. The third kappa shape index (κ3) is 2.62. The standard InChI is InChI=1S/C14H12FN3S2/c1-8-13(20-14(16)18-8)19-7-10-6-11(15)5-9-3-2-4-17-12(9)10/h2-6H,7H2,1H3,(H2,16,18). The summed E-state index contributed by atoms with van der Waals surface area (Å²) in [4.78, 5) is 8.53. The molecule has 0 amide bonds. The third-order valence-corrected chi connectivity index (χ3v) is 5.28. The molecule has 0 unspecified atom stereocenters. The predicted octanol–water partition coefficient (Wildman–Crippen LogP) is 4.01. The summed E-state index contributed by atoms with van der Waals surface area (Å²) in [7, 11) is 0. The van der Waals surface area contributed by atoms with Crippen LogP contribution in [0.15, 0.2) is 34.7 Å². The zero-order valence-corrected chi connectivity index (χ0v) is 12.4. The SMILES string of the molecule is Cc1nc(N)sc1SCc1cc(F)cc2cccnc12. The molecule has 2 N–H and O–H groups in total. The van der Waals surface area contributed by atoms with E-state index in [-0.39, 0.29) is 5.82 Å². The van der Waals surface area contributed by atoms with Gasteiger partial charge in [-0.25, -0.2) is 9.37 Å². The first-order valence-electron chi connectivity index (χ1n) is 6.02. The van der Waals surface area contributed by atoms with Gasteiger partial charge >= 0.3 is 0 Å². The second kappa shape index (κ2) is 5.38. The van der Waals surface area contributed by atoms with E-state index in [1.165, 1.54) is 17.4 Å². The van der Waals surface area contributed by atoms with E-state index in [0.29, 0.717) is 10.9 Å². The zero-order valence-electron chi connectivity index (χ0n) is 10.8. The van der Waals surface area contributed by atoms with Crippen LogP contribution in [0, 0.1) is 12.7 Å². The Morgan fingerprint density at radius 1 is 1.40 bits per heavy atom. The molecule has 0 saturated carbocycles. The summed E-state index contributed by atoms with van der Waals surface area (Å²) in [6.07, 6.45) is 1.73. The molecule has 0 radical (unpaired) electrons. The quantitative estimate of drug-likeness (QED) is 0.743. The summed E-state index contributed by atoms with van der Waals surface area (Å²) < 4.78 is 14.7. The third-order valence-electron chi connectivity index (χ3n) is 2.88. The molecule has 0 saturated heterocycles. The van der Waals surface area contributed by atoms with Crippen LogP contribution in [-0.2, 0) is 5.75 Å². The fraction of sp³-hybridized carbons (Fsp3) is 0.143. The molecule has 0 bridgehead atoms. The van der Waals surface area contributed by atoms with Crippen LogP contribution in [0.3, 0.4) is 0 Å². The molecule has 20 heavy (non-hydrogen) atoms. The van der Waals surface area contributed by atoms with Crippen LogP contribution in [0.1, 0.15) is 11.3 Å². The van der Waals surface area contributed by atoms with E-state index < -0.39 is 0 Å². The molecule has 3 rings (SSSR count). The molecule has 3 nitrogen and oxygen atoms in total. The number of pyridine rings is 1. The molecule has 0 fully saturated rings. The smallest absolute Gasteiger partial charge is 0.181 e. The van der Waals surface area contributed by atoms with Crippen LogP contribution in [0.4, 0.5) is 9.52 Å². The average Bonchev–Trinajstić information content (AvgIpc) is 2.74. The van der Waals surface area contributed by atoms with Crippen molar-refractivity contribution in [1.29, 1.82) is 0 Å². The Balaban J connectivity index is 1.92. The number of nitrogen functional groups attached to an aromatic ring is 1. The highest BCUT2D eigenvalue weighted by Crippen LogP contribution is 2.34. The second-order valence-corrected chi connectivity index (χ2v) is 6.63. The van der Waals surface area contributed by atoms with E-state index in [0.717, 1.165) is 26.4 Å². The Morgan fingerprint density at radius 2 is 2.25 bits per heavy atom. The summed E-state index contributed by atoms with van der Waals surface area (Å²) in [5.41, 5.74) is 8.34. The molecule has 2 heterocycles. The van der Waals surface area contributed by atoms with Gasteiger partial charge in [-0.2, -0.15) is 0 Å². The first kappa shape index (κ1) is 13.3. The average molecular weight is 305 g/mol. The number of aromatic nitrogens is 2. The van der Waals surface area contributed by atoms with E-state index in [4.69, 9.17) is 5.73 Å². The van der Waals surface area contributed by atoms with Crippen LogP contribution in [-0.4, -0.2) is 9.97 Å². The number of hydrogen-bond donors (Lipinski definition) is 1. The lowest BCUT2D eigenvalue weighted by atomic mass is 10.1. The Morgan fingerprint density at radius 3 is 3.00 bits per heavy atom. The summed E-state index contributed by atoms with van der Waals surface area (Å²) >= 11 is 3.07. The van der Waals surface area contributed by atoms with Crippen molar-refractivity contribution in [3.63, 3.8) is 0 Å². The van der Waals surface area contributed by atoms with Gasteiger partial charge in [0.1, 0.15) is 5.82 Å². The van der Waals surface area contributed by atoms with Gasteiger partial charge in [0.2, 0.25) is 0 Å². The van der Waals surface area contributed by atoms with Gasteiger partial charge in [-0.3, -0.25) is 4.98 Å². The molecule has 0 spiro atoms. The zero-order chi connectivity index (χ0) is 14.1. The topological polar surface area (TPSA) is 51.8 Å². The van der Waals surface area contributed by atoms with Crippen molar-refractivity contribution >= 4 is 39.1 Å². The number of thioether (sulfide) groups is 1. The van der Waals surface area contributed by atoms with Crippen LogP contribution in [0.25, 0.3) is 10.9 Å².